The van der Waals surface area contributed by atoms with Gasteiger partial charge in [-0.2, -0.15) is 0 Å². The van der Waals surface area contributed by atoms with E-state index in [1.165, 1.54) is 13.0 Å². The van der Waals surface area contributed by atoms with Gasteiger partial charge in [0.15, 0.2) is 5.78 Å². The van der Waals surface area contributed by atoms with E-state index in [1.54, 1.807) is 10.6 Å². The van der Waals surface area contributed by atoms with Gasteiger partial charge in [0, 0.05) is 19.2 Å². The number of hydrogen-bond acceptors (Lipinski definition) is 3. The molecule has 1 aliphatic heterocycles. The lowest BCUT2D eigenvalue weighted by Gasteiger charge is -2.12. The summed E-state index contributed by atoms with van der Waals surface area (Å²) in [6.07, 6.45) is 2.00. The second kappa shape index (κ2) is 3.88. The van der Waals surface area contributed by atoms with Gasteiger partial charge in [-0.3, -0.25) is 14.2 Å². The fraction of sp³-hybridized carbons (Fsp3) is 0.455. The third-order valence-corrected chi connectivity index (χ3v) is 2.66. The molecule has 0 bridgehead atoms. The average Bonchev–Trinajstić information content (AvgIpc) is 2.43. The van der Waals surface area contributed by atoms with Crippen molar-refractivity contribution in [1.29, 1.82) is 0 Å². The molecule has 1 N–H and O–H groups in total. The van der Waals surface area contributed by atoms with Gasteiger partial charge in [0.2, 0.25) is 0 Å². The van der Waals surface area contributed by atoms with E-state index in [0.717, 1.165) is 19.4 Å². The minimum absolute atomic E-state index is 0.00634. The summed E-state index contributed by atoms with van der Waals surface area (Å²) in [5, 5.41) is 3.16. The summed E-state index contributed by atoms with van der Waals surface area (Å²) in [5.74, 6) is 0.681. The third kappa shape index (κ3) is 1.79. The molecular formula is C11H14N2O2. The summed E-state index contributed by atoms with van der Waals surface area (Å²) in [7, 11) is 0. The van der Waals surface area contributed by atoms with Crippen molar-refractivity contribution in [2.45, 2.75) is 26.3 Å². The van der Waals surface area contributed by atoms with Gasteiger partial charge in [0.25, 0.3) is 5.56 Å². The van der Waals surface area contributed by atoms with Crippen LogP contribution in [0.4, 0.5) is 5.82 Å². The number of pyridine rings is 1. The van der Waals surface area contributed by atoms with Gasteiger partial charge < -0.3 is 5.32 Å². The highest BCUT2D eigenvalue weighted by Gasteiger charge is 2.14. The maximum Gasteiger partial charge on any atom is 0.252 e. The molecule has 1 aromatic heterocycles. The molecule has 0 aromatic carbocycles. The van der Waals surface area contributed by atoms with Crippen LogP contribution >= 0.6 is 0 Å². The van der Waals surface area contributed by atoms with E-state index in [9.17, 15) is 9.59 Å². The van der Waals surface area contributed by atoms with Crippen molar-refractivity contribution in [3.8, 4) is 0 Å². The zero-order valence-corrected chi connectivity index (χ0v) is 8.75. The Morgan fingerprint density at radius 2 is 2.20 bits per heavy atom. The van der Waals surface area contributed by atoms with Crippen molar-refractivity contribution < 1.29 is 4.79 Å². The summed E-state index contributed by atoms with van der Waals surface area (Å²) < 4.78 is 1.66. The van der Waals surface area contributed by atoms with Crippen LogP contribution in [0.1, 0.15) is 30.1 Å². The molecule has 80 valence electrons. The second-order valence-electron chi connectivity index (χ2n) is 3.78. The maximum absolute atomic E-state index is 11.6. The highest BCUT2D eigenvalue weighted by atomic mass is 16.1. The van der Waals surface area contributed by atoms with Crippen molar-refractivity contribution in [3.05, 3.63) is 28.0 Å². The maximum atomic E-state index is 11.6. The van der Waals surface area contributed by atoms with E-state index < -0.39 is 0 Å². The normalized spacial score (nSPS) is 15.0. The minimum Gasteiger partial charge on any atom is -0.371 e. The Bertz CT molecular complexity index is 448. The summed E-state index contributed by atoms with van der Waals surface area (Å²) in [6.45, 7) is 3.04. The van der Waals surface area contributed by atoms with E-state index in [2.05, 4.69) is 5.32 Å². The molecule has 0 amide bonds. The number of ketones is 1. The van der Waals surface area contributed by atoms with Crippen molar-refractivity contribution in [3.63, 3.8) is 0 Å². The van der Waals surface area contributed by atoms with Crippen LogP contribution in [0.2, 0.25) is 0 Å². The lowest BCUT2D eigenvalue weighted by Crippen LogP contribution is -2.23. The van der Waals surface area contributed by atoms with Crippen LogP contribution in [0.25, 0.3) is 0 Å². The smallest absolute Gasteiger partial charge is 0.252 e. The molecule has 0 spiro atoms. The Kier molecular flexibility index (Phi) is 2.58. The van der Waals surface area contributed by atoms with Crippen molar-refractivity contribution in [2.24, 2.45) is 0 Å². The molecule has 4 heteroatoms. The molecule has 0 fully saturated rings. The summed E-state index contributed by atoms with van der Waals surface area (Å²) >= 11 is 0. The van der Waals surface area contributed by atoms with Gasteiger partial charge in [0.1, 0.15) is 5.82 Å². The highest BCUT2D eigenvalue weighted by Crippen LogP contribution is 2.17. The van der Waals surface area contributed by atoms with E-state index in [4.69, 9.17) is 0 Å². The number of nitrogens with one attached hydrogen (secondary N) is 1. The summed E-state index contributed by atoms with van der Waals surface area (Å²) in [4.78, 5) is 23.0. The predicted molar refractivity (Wildman–Crippen MR) is 58.4 cm³/mol. The molecule has 0 saturated heterocycles. The van der Waals surface area contributed by atoms with Crippen LogP contribution in [-0.2, 0) is 6.54 Å². The molecule has 0 unspecified atom stereocenters. The van der Waals surface area contributed by atoms with Gasteiger partial charge in [-0.15, -0.1) is 0 Å². The van der Waals surface area contributed by atoms with Crippen LogP contribution in [0.3, 0.4) is 0 Å². The van der Waals surface area contributed by atoms with Gasteiger partial charge in [-0.1, -0.05) is 0 Å². The number of carbonyl (C=O) groups excluding carboxylic acids is 1. The topological polar surface area (TPSA) is 51.1 Å². The Balaban J connectivity index is 2.61. The molecule has 15 heavy (non-hydrogen) atoms. The molecule has 0 radical (unpaired) electrons. The van der Waals surface area contributed by atoms with Gasteiger partial charge >= 0.3 is 0 Å². The molecule has 0 atom stereocenters. The van der Waals surface area contributed by atoms with E-state index in [-0.39, 0.29) is 11.3 Å². The summed E-state index contributed by atoms with van der Waals surface area (Å²) in [5.41, 5.74) is 0.570. The van der Waals surface area contributed by atoms with E-state index in [1.807, 2.05) is 0 Å². The van der Waals surface area contributed by atoms with Crippen molar-refractivity contribution >= 4 is 11.6 Å². The number of fused-ring (bicyclic) bond motifs is 1. The van der Waals surface area contributed by atoms with Gasteiger partial charge in [0.05, 0.1) is 5.56 Å². The number of rotatable bonds is 1. The SMILES string of the molecule is CC(=O)c1ccc(=O)n2c1NCCCC2. The van der Waals surface area contributed by atoms with Gasteiger partial charge in [-0.25, -0.2) is 0 Å². The Hall–Kier alpha value is -1.58. The quantitative estimate of drug-likeness (QED) is 0.704. The first kappa shape index (κ1) is 9.96. The number of carbonyl (C=O) groups is 1. The van der Waals surface area contributed by atoms with E-state index in [0.29, 0.717) is 17.9 Å². The number of anilines is 1. The molecule has 0 aliphatic carbocycles. The summed E-state index contributed by atoms with van der Waals surface area (Å²) in [6, 6.07) is 3.07. The molecule has 2 heterocycles. The predicted octanol–water partition coefficient (Wildman–Crippen LogP) is 1.26. The first-order valence-corrected chi connectivity index (χ1v) is 5.19. The number of aromatic nitrogens is 1. The molecular weight excluding hydrogens is 192 g/mol. The first-order chi connectivity index (χ1) is 7.20. The highest BCUT2D eigenvalue weighted by molar-refractivity contribution is 5.98. The fourth-order valence-corrected chi connectivity index (χ4v) is 1.88. The third-order valence-electron chi connectivity index (χ3n) is 2.66. The number of hydrogen-bond donors (Lipinski definition) is 1. The van der Waals surface area contributed by atoms with Crippen molar-refractivity contribution in [1.82, 2.24) is 4.57 Å². The Labute approximate surface area is 87.9 Å². The Morgan fingerprint density at radius 3 is 2.93 bits per heavy atom. The zero-order valence-electron chi connectivity index (χ0n) is 8.75. The second-order valence-corrected chi connectivity index (χ2v) is 3.78. The number of Topliss-reactive ketones (excluding diaryl/α,β-unsaturated/α-hetero) is 1. The standard InChI is InChI=1S/C11H14N2O2/c1-8(14)9-4-5-10(15)13-7-3-2-6-12-11(9)13/h4-5,12H,2-3,6-7H2,1H3. The molecule has 2 rings (SSSR count). The lowest BCUT2D eigenvalue weighted by molar-refractivity contribution is 0.101. The average molecular weight is 206 g/mol. The van der Waals surface area contributed by atoms with Crippen molar-refractivity contribution in [2.75, 3.05) is 11.9 Å². The molecule has 0 saturated carbocycles. The monoisotopic (exact) mass is 206 g/mol. The Morgan fingerprint density at radius 1 is 1.40 bits per heavy atom. The van der Waals surface area contributed by atoms with Crippen LogP contribution in [0.5, 0.6) is 0 Å². The largest absolute Gasteiger partial charge is 0.371 e. The van der Waals surface area contributed by atoms with Crippen LogP contribution in [0.15, 0.2) is 16.9 Å². The van der Waals surface area contributed by atoms with Gasteiger partial charge in [-0.05, 0) is 25.8 Å². The zero-order chi connectivity index (χ0) is 10.8. The molecule has 1 aliphatic rings. The minimum atomic E-state index is -0.0376. The molecule has 1 aromatic rings. The van der Waals surface area contributed by atoms with Crippen LogP contribution in [0, 0.1) is 0 Å². The van der Waals surface area contributed by atoms with Crippen LogP contribution in [-0.4, -0.2) is 16.9 Å². The number of nitrogens with zero attached hydrogens (tertiary/aromatic N) is 1. The lowest BCUT2D eigenvalue weighted by atomic mass is 10.2. The molecule has 4 nitrogen and oxygen atoms in total. The van der Waals surface area contributed by atoms with Crippen LogP contribution < -0.4 is 10.9 Å². The van der Waals surface area contributed by atoms with E-state index >= 15 is 0 Å². The first-order valence-electron chi connectivity index (χ1n) is 5.19. The fourth-order valence-electron chi connectivity index (χ4n) is 1.88.